The number of nitrogens with zero attached hydrogens (tertiary/aromatic N) is 1. The Morgan fingerprint density at radius 3 is 2.57 bits per heavy atom. The number of Topliss-reactive ketones (excluding diaryl/α,β-unsaturated/α-hetero) is 1. The van der Waals surface area contributed by atoms with Crippen LogP contribution in [0.4, 0.5) is 10.5 Å². The maximum Gasteiger partial charge on any atom is 0.410 e. The van der Waals surface area contributed by atoms with Gasteiger partial charge in [0.05, 0.1) is 0 Å². The van der Waals surface area contributed by atoms with Gasteiger partial charge in [-0.25, -0.2) is 4.79 Å². The van der Waals surface area contributed by atoms with Gasteiger partial charge >= 0.3 is 6.09 Å². The predicted molar refractivity (Wildman–Crippen MR) is 91.3 cm³/mol. The van der Waals surface area contributed by atoms with E-state index < -0.39 is 5.60 Å². The van der Waals surface area contributed by atoms with Crippen molar-refractivity contribution in [3.05, 3.63) is 35.4 Å². The third-order valence-corrected chi connectivity index (χ3v) is 3.61. The monoisotopic (exact) mass is 316 g/mol. The molecular weight excluding hydrogens is 292 g/mol. The van der Waals surface area contributed by atoms with E-state index in [2.05, 4.69) is 6.08 Å². The van der Waals surface area contributed by atoms with Gasteiger partial charge in [0.1, 0.15) is 5.60 Å². The van der Waals surface area contributed by atoms with Gasteiger partial charge in [-0.1, -0.05) is 12.1 Å². The van der Waals surface area contributed by atoms with E-state index in [4.69, 9.17) is 10.5 Å². The third kappa shape index (κ3) is 4.34. The minimum atomic E-state index is -0.512. The van der Waals surface area contributed by atoms with Crippen molar-refractivity contribution in [1.82, 2.24) is 4.90 Å². The number of amides is 1. The van der Waals surface area contributed by atoms with Gasteiger partial charge in [-0.2, -0.15) is 0 Å². The van der Waals surface area contributed by atoms with Gasteiger partial charge in [-0.05, 0) is 57.4 Å². The molecular formula is C18H24N2O3. The molecule has 0 radical (unpaired) electrons. The molecule has 2 rings (SSSR count). The second kappa shape index (κ2) is 6.44. The van der Waals surface area contributed by atoms with E-state index in [0.29, 0.717) is 24.3 Å². The van der Waals surface area contributed by atoms with Crippen LogP contribution in [0.3, 0.4) is 0 Å². The molecule has 0 bridgehead atoms. The van der Waals surface area contributed by atoms with E-state index in [1.165, 1.54) is 6.92 Å². The number of nitrogens with two attached hydrogens (primary N) is 1. The molecule has 0 unspecified atom stereocenters. The second-order valence-electron chi connectivity index (χ2n) is 6.78. The molecule has 0 aromatic heterocycles. The normalized spacial score (nSPS) is 15.1. The molecule has 0 spiro atoms. The van der Waals surface area contributed by atoms with Crippen molar-refractivity contribution in [2.45, 2.75) is 39.7 Å². The van der Waals surface area contributed by atoms with Crippen molar-refractivity contribution in [3.63, 3.8) is 0 Å². The number of anilines is 1. The Kier molecular flexibility index (Phi) is 4.78. The Labute approximate surface area is 137 Å². The summed E-state index contributed by atoms with van der Waals surface area (Å²) in [6, 6.07) is 5.41. The molecule has 1 heterocycles. The quantitative estimate of drug-likeness (QED) is 0.669. The number of carbonyl (C=O) groups excluding carboxylic acids is 2. The summed E-state index contributed by atoms with van der Waals surface area (Å²) in [6.45, 7) is 8.15. The van der Waals surface area contributed by atoms with Crippen molar-refractivity contribution >= 4 is 23.1 Å². The number of nitrogen functional groups attached to an aromatic ring is 1. The second-order valence-corrected chi connectivity index (χ2v) is 6.78. The molecule has 0 atom stereocenters. The highest BCUT2D eigenvalue weighted by atomic mass is 16.6. The Bertz CT molecular complexity index is 657. The zero-order valence-electron chi connectivity index (χ0n) is 14.2. The Balaban J connectivity index is 2.19. The molecule has 1 aliphatic rings. The van der Waals surface area contributed by atoms with Gasteiger partial charge in [-0.15, -0.1) is 0 Å². The van der Waals surface area contributed by atoms with Gasteiger partial charge in [0.15, 0.2) is 5.78 Å². The number of hydrogen-bond donors (Lipinski definition) is 1. The van der Waals surface area contributed by atoms with Gasteiger partial charge in [-0.3, -0.25) is 4.79 Å². The van der Waals surface area contributed by atoms with Crippen LogP contribution in [0.5, 0.6) is 0 Å². The first-order valence-corrected chi connectivity index (χ1v) is 7.75. The smallest absolute Gasteiger partial charge is 0.410 e. The maximum absolute atomic E-state index is 12.2. The van der Waals surface area contributed by atoms with Crippen LogP contribution in [-0.4, -0.2) is 35.5 Å². The van der Waals surface area contributed by atoms with E-state index in [0.717, 1.165) is 17.6 Å². The summed E-state index contributed by atoms with van der Waals surface area (Å²) in [4.78, 5) is 25.6. The summed E-state index contributed by atoms with van der Waals surface area (Å²) >= 11 is 0. The molecule has 5 nitrogen and oxygen atoms in total. The lowest BCUT2D eigenvalue weighted by Gasteiger charge is -2.30. The van der Waals surface area contributed by atoms with E-state index in [-0.39, 0.29) is 11.9 Å². The first kappa shape index (κ1) is 17.1. The fourth-order valence-electron chi connectivity index (χ4n) is 2.50. The summed E-state index contributed by atoms with van der Waals surface area (Å²) < 4.78 is 5.43. The Hall–Kier alpha value is -2.30. The summed E-state index contributed by atoms with van der Waals surface area (Å²) in [5, 5.41) is 0. The van der Waals surface area contributed by atoms with Crippen molar-refractivity contribution in [2.24, 2.45) is 0 Å². The van der Waals surface area contributed by atoms with Crippen LogP contribution in [0.2, 0.25) is 0 Å². The standard InChI is InChI=1S/C18H24N2O3/c1-12(21)15-10-13(7-8-16(15)19)14-6-5-9-20(11-14)17(22)23-18(2,3)4/h6-8,10H,5,9,11,19H2,1-4H3. The summed E-state index contributed by atoms with van der Waals surface area (Å²) in [5.41, 5.74) is 8.23. The average molecular weight is 316 g/mol. The maximum atomic E-state index is 12.2. The lowest BCUT2D eigenvalue weighted by molar-refractivity contribution is 0.0273. The highest BCUT2D eigenvalue weighted by Gasteiger charge is 2.25. The molecule has 1 aliphatic heterocycles. The summed E-state index contributed by atoms with van der Waals surface area (Å²) in [5.74, 6) is -0.0650. The minimum Gasteiger partial charge on any atom is -0.444 e. The van der Waals surface area contributed by atoms with E-state index in [9.17, 15) is 9.59 Å². The van der Waals surface area contributed by atoms with Crippen LogP contribution >= 0.6 is 0 Å². The van der Waals surface area contributed by atoms with Crippen LogP contribution < -0.4 is 5.73 Å². The lowest BCUT2D eigenvalue weighted by atomic mass is 9.97. The molecule has 5 heteroatoms. The largest absolute Gasteiger partial charge is 0.444 e. The third-order valence-electron chi connectivity index (χ3n) is 3.61. The molecule has 0 fully saturated rings. The van der Waals surface area contributed by atoms with Gasteiger partial charge in [0.25, 0.3) is 0 Å². The summed E-state index contributed by atoms with van der Waals surface area (Å²) in [6.07, 6.45) is 2.54. The number of ether oxygens (including phenoxy) is 1. The highest BCUT2D eigenvalue weighted by molar-refractivity contribution is 6.00. The molecule has 124 valence electrons. The van der Waals surface area contributed by atoms with Crippen LogP contribution in [0, 0.1) is 0 Å². The molecule has 23 heavy (non-hydrogen) atoms. The topological polar surface area (TPSA) is 72.6 Å². The average Bonchev–Trinajstić information content (AvgIpc) is 2.46. The minimum absolute atomic E-state index is 0.0650. The predicted octanol–water partition coefficient (Wildman–Crippen LogP) is 3.50. The number of ketones is 1. The lowest BCUT2D eigenvalue weighted by Crippen LogP contribution is -2.39. The Morgan fingerprint density at radius 2 is 1.96 bits per heavy atom. The first-order chi connectivity index (χ1) is 10.7. The molecule has 1 aromatic carbocycles. The highest BCUT2D eigenvalue weighted by Crippen LogP contribution is 2.25. The number of rotatable bonds is 2. The molecule has 2 N–H and O–H groups in total. The molecule has 0 saturated heterocycles. The van der Waals surface area contributed by atoms with Crippen LogP contribution in [0.25, 0.3) is 5.57 Å². The van der Waals surface area contributed by atoms with Gasteiger partial charge in [0, 0.05) is 24.3 Å². The fourth-order valence-corrected chi connectivity index (χ4v) is 2.50. The van der Waals surface area contributed by atoms with Crippen LogP contribution in [0.15, 0.2) is 24.3 Å². The fraction of sp³-hybridized carbons (Fsp3) is 0.444. The van der Waals surface area contributed by atoms with Gasteiger partial charge < -0.3 is 15.4 Å². The molecule has 1 amide bonds. The van der Waals surface area contributed by atoms with Crippen molar-refractivity contribution < 1.29 is 14.3 Å². The van der Waals surface area contributed by atoms with Crippen LogP contribution in [-0.2, 0) is 4.74 Å². The molecule has 0 aliphatic carbocycles. The number of carbonyl (C=O) groups is 2. The molecule has 1 aromatic rings. The number of benzene rings is 1. The first-order valence-electron chi connectivity index (χ1n) is 7.75. The zero-order chi connectivity index (χ0) is 17.2. The SMILES string of the molecule is CC(=O)c1cc(C2=CCCN(C(=O)OC(C)(C)C)C2)ccc1N. The van der Waals surface area contributed by atoms with E-state index in [1.807, 2.05) is 26.8 Å². The van der Waals surface area contributed by atoms with Gasteiger partial charge in [0.2, 0.25) is 0 Å². The molecule has 0 saturated carbocycles. The van der Waals surface area contributed by atoms with Crippen molar-refractivity contribution in [3.8, 4) is 0 Å². The zero-order valence-corrected chi connectivity index (χ0v) is 14.2. The number of hydrogen-bond acceptors (Lipinski definition) is 4. The van der Waals surface area contributed by atoms with Crippen molar-refractivity contribution in [1.29, 1.82) is 0 Å². The Morgan fingerprint density at radius 1 is 1.26 bits per heavy atom. The van der Waals surface area contributed by atoms with Crippen LogP contribution in [0.1, 0.15) is 50.0 Å². The van der Waals surface area contributed by atoms with E-state index >= 15 is 0 Å². The summed E-state index contributed by atoms with van der Waals surface area (Å²) in [7, 11) is 0. The van der Waals surface area contributed by atoms with E-state index in [1.54, 1.807) is 17.0 Å². The van der Waals surface area contributed by atoms with Crippen molar-refractivity contribution in [2.75, 3.05) is 18.8 Å².